The van der Waals surface area contributed by atoms with Gasteiger partial charge in [-0.3, -0.25) is 14.4 Å². The van der Waals surface area contributed by atoms with Crippen molar-refractivity contribution in [2.24, 2.45) is 5.41 Å². The average molecular weight is 334 g/mol. The van der Waals surface area contributed by atoms with Crippen molar-refractivity contribution < 1.29 is 28.6 Å². The Morgan fingerprint density at radius 2 is 1.62 bits per heavy atom. The van der Waals surface area contributed by atoms with Gasteiger partial charge in [-0.15, -0.1) is 0 Å². The molecule has 1 aromatic carbocycles. The Morgan fingerprint density at radius 3 is 2.04 bits per heavy atom. The molecule has 0 aliphatic carbocycles. The van der Waals surface area contributed by atoms with Crippen molar-refractivity contribution in [1.29, 1.82) is 0 Å². The van der Waals surface area contributed by atoms with Crippen LogP contribution < -0.4 is 0 Å². The van der Waals surface area contributed by atoms with E-state index < -0.39 is 29.4 Å². The highest BCUT2D eigenvalue weighted by molar-refractivity contribution is 6.01. The number of rotatable bonds is 7. The van der Waals surface area contributed by atoms with Gasteiger partial charge in [-0.05, 0) is 18.6 Å². The minimum atomic E-state index is -1.83. The molecule has 0 aliphatic heterocycles. The molecule has 1 atom stereocenters. The normalized spacial score (nSPS) is 12.5. The quantitative estimate of drug-likeness (QED) is 0.329. The van der Waals surface area contributed by atoms with Crippen molar-refractivity contribution >= 4 is 17.9 Å². The first kappa shape index (κ1) is 19.4. The van der Waals surface area contributed by atoms with Gasteiger partial charge in [0.25, 0.3) is 0 Å². The summed E-state index contributed by atoms with van der Waals surface area (Å²) < 4.78 is 15.0. The average Bonchev–Trinajstić information content (AvgIpc) is 2.58. The van der Waals surface area contributed by atoms with Gasteiger partial charge in [0.2, 0.25) is 5.41 Å². The molecule has 24 heavy (non-hydrogen) atoms. The molecule has 0 unspecified atom stereocenters. The lowest BCUT2D eigenvalue weighted by Crippen LogP contribution is -2.52. The highest BCUT2D eigenvalue weighted by Crippen LogP contribution is 2.34. The molecule has 6 heteroatoms. The van der Waals surface area contributed by atoms with Crippen LogP contribution in [0.15, 0.2) is 42.5 Å². The topological polar surface area (TPSA) is 78.9 Å². The number of ether oxygens (including phenoxy) is 3. The molecule has 0 fully saturated rings. The van der Waals surface area contributed by atoms with Crippen molar-refractivity contribution in [3.63, 3.8) is 0 Å². The summed E-state index contributed by atoms with van der Waals surface area (Å²) in [5.41, 5.74) is -1.13. The van der Waals surface area contributed by atoms with Gasteiger partial charge in [0.05, 0.1) is 14.2 Å². The standard InChI is InChI=1S/C18H22O6/c1-5-9-15(24-13(2)19)18(16(20)22-3,17(21)23-4)12-14-10-7-6-8-11-14/h5-11,15H,12H2,1-4H3/b9-5+/t15-/m1/s1. The molecule has 0 aliphatic rings. The van der Waals surface area contributed by atoms with E-state index in [0.29, 0.717) is 5.56 Å². The summed E-state index contributed by atoms with van der Waals surface area (Å²) in [6.07, 6.45) is 1.88. The molecule has 6 nitrogen and oxygen atoms in total. The molecule has 130 valence electrons. The first-order valence-corrected chi connectivity index (χ1v) is 7.43. The largest absolute Gasteiger partial charge is 0.468 e. The monoisotopic (exact) mass is 334 g/mol. The maximum atomic E-state index is 12.6. The van der Waals surface area contributed by atoms with Gasteiger partial charge >= 0.3 is 17.9 Å². The lowest BCUT2D eigenvalue weighted by atomic mass is 9.76. The maximum absolute atomic E-state index is 12.6. The van der Waals surface area contributed by atoms with Crippen LogP contribution in [0.4, 0.5) is 0 Å². The van der Waals surface area contributed by atoms with E-state index in [0.717, 1.165) is 0 Å². The molecule has 0 saturated heterocycles. The van der Waals surface area contributed by atoms with Gasteiger partial charge in [0.1, 0.15) is 6.10 Å². The Bertz CT molecular complexity index is 589. The van der Waals surface area contributed by atoms with Crippen molar-refractivity contribution in [3.05, 3.63) is 48.0 Å². The highest BCUT2D eigenvalue weighted by atomic mass is 16.6. The van der Waals surface area contributed by atoms with Crippen LogP contribution in [0.5, 0.6) is 0 Å². The maximum Gasteiger partial charge on any atom is 0.327 e. The minimum Gasteiger partial charge on any atom is -0.468 e. The third-order valence-corrected chi connectivity index (χ3v) is 3.57. The molecular formula is C18H22O6. The number of benzene rings is 1. The molecular weight excluding hydrogens is 312 g/mol. The van der Waals surface area contributed by atoms with Crippen LogP contribution in [-0.4, -0.2) is 38.2 Å². The second kappa shape index (κ2) is 8.86. The van der Waals surface area contributed by atoms with E-state index in [1.54, 1.807) is 37.3 Å². The first-order chi connectivity index (χ1) is 11.4. The number of carbonyl (C=O) groups excluding carboxylic acids is 3. The van der Waals surface area contributed by atoms with Crippen molar-refractivity contribution in [1.82, 2.24) is 0 Å². The second-order valence-corrected chi connectivity index (χ2v) is 5.17. The number of hydrogen-bond acceptors (Lipinski definition) is 6. The number of carbonyl (C=O) groups is 3. The lowest BCUT2D eigenvalue weighted by molar-refractivity contribution is -0.180. The number of esters is 3. The van der Waals surface area contributed by atoms with E-state index in [1.165, 1.54) is 27.2 Å². The van der Waals surface area contributed by atoms with Gasteiger partial charge in [-0.25, -0.2) is 0 Å². The summed E-state index contributed by atoms with van der Waals surface area (Å²) in [6, 6.07) is 8.91. The summed E-state index contributed by atoms with van der Waals surface area (Å²) >= 11 is 0. The molecule has 0 heterocycles. The summed E-state index contributed by atoms with van der Waals surface area (Å²) in [6.45, 7) is 2.90. The van der Waals surface area contributed by atoms with Crippen LogP contribution in [0.25, 0.3) is 0 Å². The Kier molecular flexibility index (Phi) is 7.17. The van der Waals surface area contributed by atoms with Crippen LogP contribution in [-0.2, 0) is 35.0 Å². The van der Waals surface area contributed by atoms with Crippen LogP contribution >= 0.6 is 0 Å². The number of methoxy groups -OCH3 is 2. The zero-order valence-corrected chi connectivity index (χ0v) is 14.3. The summed E-state index contributed by atoms with van der Waals surface area (Å²) in [5, 5.41) is 0. The zero-order valence-electron chi connectivity index (χ0n) is 14.3. The fourth-order valence-electron chi connectivity index (χ4n) is 2.50. The number of hydrogen-bond donors (Lipinski definition) is 0. The van der Waals surface area contributed by atoms with E-state index in [-0.39, 0.29) is 6.42 Å². The van der Waals surface area contributed by atoms with Gasteiger partial charge in [-0.1, -0.05) is 36.4 Å². The Labute approximate surface area is 141 Å². The smallest absolute Gasteiger partial charge is 0.327 e. The van der Waals surface area contributed by atoms with Crippen molar-refractivity contribution in [3.8, 4) is 0 Å². The summed E-state index contributed by atoms with van der Waals surface area (Å²) in [7, 11) is 2.34. The van der Waals surface area contributed by atoms with E-state index >= 15 is 0 Å². The molecule has 0 amide bonds. The van der Waals surface area contributed by atoms with E-state index in [9.17, 15) is 14.4 Å². The molecule has 0 radical (unpaired) electrons. The van der Waals surface area contributed by atoms with Crippen LogP contribution in [0.2, 0.25) is 0 Å². The van der Waals surface area contributed by atoms with Gasteiger partial charge in [0, 0.05) is 13.3 Å². The lowest BCUT2D eigenvalue weighted by Gasteiger charge is -2.33. The fraction of sp³-hybridized carbons (Fsp3) is 0.389. The van der Waals surface area contributed by atoms with Gasteiger partial charge < -0.3 is 14.2 Å². The Balaban J connectivity index is 3.52. The first-order valence-electron chi connectivity index (χ1n) is 7.43. The SMILES string of the molecule is C/C=C/[C@@H](OC(C)=O)C(Cc1ccccc1)(C(=O)OC)C(=O)OC. The van der Waals surface area contributed by atoms with E-state index in [4.69, 9.17) is 14.2 Å². The predicted molar refractivity (Wildman–Crippen MR) is 87.0 cm³/mol. The number of allylic oxidation sites excluding steroid dienone is 1. The third-order valence-electron chi connectivity index (χ3n) is 3.57. The fourth-order valence-corrected chi connectivity index (χ4v) is 2.50. The molecule has 1 aromatic rings. The van der Waals surface area contributed by atoms with E-state index in [1.807, 2.05) is 6.07 Å². The molecule has 0 bridgehead atoms. The molecule has 0 saturated carbocycles. The van der Waals surface area contributed by atoms with Crippen molar-refractivity contribution in [2.45, 2.75) is 26.4 Å². The summed E-state index contributed by atoms with van der Waals surface area (Å²) in [5.74, 6) is -2.28. The second-order valence-electron chi connectivity index (χ2n) is 5.17. The zero-order chi connectivity index (χ0) is 18.2. The summed E-state index contributed by atoms with van der Waals surface area (Å²) in [4.78, 5) is 36.7. The predicted octanol–water partition coefficient (Wildman–Crippen LogP) is 2.07. The molecule has 0 aromatic heterocycles. The van der Waals surface area contributed by atoms with Gasteiger partial charge in [-0.2, -0.15) is 0 Å². The highest BCUT2D eigenvalue weighted by Gasteiger charge is 2.55. The minimum absolute atomic E-state index is 0.0323. The van der Waals surface area contributed by atoms with Crippen LogP contribution in [0.3, 0.4) is 0 Å². The van der Waals surface area contributed by atoms with E-state index in [2.05, 4.69) is 0 Å². The van der Waals surface area contributed by atoms with Crippen LogP contribution in [0.1, 0.15) is 19.4 Å². The van der Waals surface area contributed by atoms with Crippen LogP contribution in [0, 0.1) is 5.41 Å². The molecule has 0 N–H and O–H groups in total. The van der Waals surface area contributed by atoms with Gasteiger partial charge in [0.15, 0.2) is 0 Å². The molecule has 0 spiro atoms. The Hall–Kier alpha value is -2.63. The van der Waals surface area contributed by atoms with Crippen molar-refractivity contribution in [2.75, 3.05) is 14.2 Å². The Morgan fingerprint density at radius 1 is 1.08 bits per heavy atom. The third kappa shape index (κ3) is 4.22. The molecule has 1 rings (SSSR count).